The van der Waals surface area contributed by atoms with Crippen LogP contribution < -0.4 is 16.3 Å². The summed E-state index contributed by atoms with van der Waals surface area (Å²) in [7, 11) is 0. The highest BCUT2D eigenvalue weighted by molar-refractivity contribution is 6.00. The van der Waals surface area contributed by atoms with Crippen molar-refractivity contribution in [1.29, 1.82) is 0 Å². The van der Waals surface area contributed by atoms with E-state index in [2.05, 4.69) is 51.3 Å². The van der Waals surface area contributed by atoms with E-state index in [0.29, 0.717) is 108 Å². The zero-order chi connectivity index (χ0) is 57.2. The summed E-state index contributed by atoms with van der Waals surface area (Å²) in [6, 6.07) is 25.9. The maximum atomic E-state index is 13.1. The number of carbonyl (C=O) groups is 6. The number of hydrogen-bond donors (Lipinski definition) is 3. The molecule has 4 aromatic carbocycles. The van der Waals surface area contributed by atoms with Gasteiger partial charge in [0.05, 0.1) is 56.3 Å². The van der Waals surface area contributed by atoms with Gasteiger partial charge < -0.3 is 42.6 Å². The first-order valence-corrected chi connectivity index (χ1v) is 26.9. The van der Waals surface area contributed by atoms with Gasteiger partial charge in [0.15, 0.2) is 0 Å². The minimum Gasteiger partial charge on any atom is -0.463 e. The van der Waals surface area contributed by atoms with Gasteiger partial charge in [-0.2, -0.15) is 0 Å². The highest BCUT2D eigenvalue weighted by Crippen LogP contribution is 2.33. The van der Waals surface area contributed by atoms with Gasteiger partial charge >= 0.3 is 35.8 Å². The minimum absolute atomic E-state index is 0.222. The van der Waals surface area contributed by atoms with Crippen LogP contribution in [0.15, 0.2) is 144 Å². The molecule has 0 bridgehead atoms. The van der Waals surface area contributed by atoms with Crippen LogP contribution in [-0.2, 0) is 57.0 Å². The lowest BCUT2D eigenvalue weighted by molar-refractivity contribution is -0.138. The molecular formula is C60H66N6O15. The predicted molar refractivity (Wildman–Crippen MR) is 296 cm³/mol. The Morgan fingerprint density at radius 2 is 0.642 bits per heavy atom. The van der Waals surface area contributed by atoms with Crippen LogP contribution in [0.3, 0.4) is 0 Å². The lowest BCUT2D eigenvalue weighted by Crippen LogP contribution is -2.19. The minimum atomic E-state index is -0.826. The summed E-state index contributed by atoms with van der Waals surface area (Å²) >= 11 is 0. The van der Waals surface area contributed by atoms with E-state index in [-0.39, 0.29) is 37.5 Å². The third kappa shape index (κ3) is 18.4. The van der Waals surface area contributed by atoms with Crippen molar-refractivity contribution in [2.75, 3.05) is 39.6 Å². The topological polar surface area (TPSA) is 259 Å². The first-order chi connectivity index (χ1) is 39.5. The van der Waals surface area contributed by atoms with Crippen LogP contribution in [0, 0.1) is 0 Å². The predicted octanol–water partition coefficient (Wildman–Crippen LogP) is 8.97. The summed E-state index contributed by atoms with van der Waals surface area (Å²) in [5.74, 6) is -2.18. The van der Waals surface area contributed by atoms with Crippen molar-refractivity contribution in [3.05, 3.63) is 179 Å². The molecule has 3 atom stereocenters. The molecule has 0 fully saturated rings. The number of nitrogens with zero attached hydrogens (tertiary/aromatic N) is 3. The average Bonchev–Trinajstić information content (AvgIpc) is 4.39. The van der Waals surface area contributed by atoms with Crippen molar-refractivity contribution < 1.29 is 71.4 Å². The van der Waals surface area contributed by atoms with Crippen LogP contribution in [0.4, 0.5) is 0 Å². The van der Waals surface area contributed by atoms with Gasteiger partial charge in [-0.15, -0.1) is 15.3 Å². The second kappa shape index (κ2) is 31.4. The van der Waals surface area contributed by atoms with E-state index in [1.807, 2.05) is 18.2 Å². The first-order valence-electron chi connectivity index (χ1n) is 26.9. The molecule has 4 aromatic rings. The quantitative estimate of drug-likeness (QED) is 0.0174. The number of nitrogens with one attached hydrogen (secondary N) is 3. The molecule has 21 nitrogen and oxygen atoms in total. The van der Waals surface area contributed by atoms with Crippen LogP contribution in [-0.4, -0.2) is 93.2 Å². The molecule has 3 N–H and O–H groups in total. The first kappa shape index (κ1) is 59.4. The average molecular weight is 1110 g/mol. The summed E-state index contributed by atoms with van der Waals surface area (Å²) in [5.41, 5.74) is 13.5. The van der Waals surface area contributed by atoms with Crippen molar-refractivity contribution in [3.63, 3.8) is 0 Å². The van der Waals surface area contributed by atoms with Gasteiger partial charge in [0, 0.05) is 51.6 Å². The molecule has 0 amide bonds. The third-order valence-electron chi connectivity index (χ3n) is 12.5. The Balaban J connectivity index is 0.990. The van der Waals surface area contributed by atoms with Crippen molar-refractivity contribution in [2.45, 2.75) is 95.7 Å². The van der Waals surface area contributed by atoms with E-state index in [4.69, 9.17) is 42.6 Å². The van der Waals surface area contributed by atoms with Gasteiger partial charge in [0.2, 0.25) is 36.4 Å². The van der Waals surface area contributed by atoms with Crippen LogP contribution in [0.5, 0.6) is 0 Å². The Labute approximate surface area is 469 Å². The number of benzene rings is 4. The Hall–Kier alpha value is -9.27. The van der Waals surface area contributed by atoms with E-state index in [1.54, 1.807) is 72.8 Å². The molecular weight excluding hydrogens is 1040 g/mol. The van der Waals surface area contributed by atoms with Crippen molar-refractivity contribution in [3.8, 4) is 0 Å². The highest BCUT2D eigenvalue weighted by Gasteiger charge is 2.31. The monoisotopic (exact) mass is 1110 g/mol. The zero-order valence-electron chi connectivity index (χ0n) is 44.9. The van der Waals surface area contributed by atoms with Gasteiger partial charge in [0.25, 0.3) is 0 Å². The van der Waals surface area contributed by atoms with E-state index >= 15 is 0 Å². The van der Waals surface area contributed by atoms with Gasteiger partial charge in [0.1, 0.15) is 0 Å². The second-order valence-electron chi connectivity index (χ2n) is 18.6. The summed E-state index contributed by atoms with van der Waals surface area (Å²) in [4.78, 5) is 73.0. The number of rotatable bonds is 33. The molecule has 3 aliphatic rings. The van der Waals surface area contributed by atoms with Crippen LogP contribution in [0.2, 0.25) is 0 Å². The van der Waals surface area contributed by atoms with Gasteiger partial charge in [-0.1, -0.05) is 37.9 Å². The lowest BCUT2D eigenvalue weighted by Gasteiger charge is -2.20. The summed E-state index contributed by atoms with van der Waals surface area (Å²) in [6.45, 7) is 11.7. The fourth-order valence-electron chi connectivity index (χ4n) is 8.28. The maximum absolute atomic E-state index is 13.1. The van der Waals surface area contributed by atoms with E-state index < -0.39 is 54.5 Å². The van der Waals surface area contributed by atoms with Crippen LogP contribution >= 0.6 is 0 Å². The molecule has 0 radical (unpaired) electrons. The number of esters is 6. The summed E-state index contributed by atoms with van der Waals surface area (Å²) in [5, 5.41) is 13.5. The van der Waals surface area contributed by atoms with Crippen molar-refractivity contribution in [2.24, 2.45) is 15.3 Å². The molecule has 0 spiro atoms. The second-order valence-corrected chi connectivity index (χ2v) is 18.6. The molecule has 3 aliphatic heterocycles. The van der Waals surface area contributed by atoms with E-state index in [1.165, 1.54) is 0 Å². The Morgan fingerprint density at radius 3 is 0.901 bits per heavy atom. The van der Waals surface area contributed by atoms with Gasteiger partial charge in [-0.3, -0.25) is 16.3 Å². The Kier molecular flexibility index (Phi) is 23.0. The number of unbranched alkanes of at least 4 members (excludes halogenated alkanes) is 9. The van der Waals surface area contributed by atoms with Gasteiger partial charge in [-0.05, 0) is 150 Å². The molecule has 3 unspecified atom stereocenters. The number of ether oxygens (including phenoxy) is 9. The summed E-state index contributed by atoms with van der Waals surface area (Å²) < 4.78 is 50.9. The molecule has 3 heterocycles. The van der Waals surface area contributed by atoms with Gasteiger partial charge in [-0.25, -0.2) is 28.8 Å². The van der Waals surface area contributed by atoms with Crippen LogP contribution in [0.25, 0.3) is 0 Å². The SMILES string of the molecule is C=CC(=O)OCCCCCCOC(=O)c1cccc(C2=NNC(c3cc(C4NN=C(c5cccc(C(=O)OCCCCCCOC(=O)C=C)c5)O4)cc(C4NN=C(c5cccc(C(=O)OCCCCCCOC(=O)C=C)c5)O4)c3)O2)c1. The Morgan fingerprint density at radius 1 is 0.383 bits per heavy atom. The molecule has 21 heteroatoms. The molecule has 7 rings (SSSR count). The normalized spacial score (nSPS) is 15.7. The smallest absolute Gasteiger partial charge is 0.338 e. The fourth-order valence-corrected chi connectivity index (χ4v) is 8.28. The Bertz CT molecular complexity index is 2670. The maximum Gasteiger partial charge on any atom is 0.338 e. The third-order valence-corrected chi connectivity index (χ3v) is 12.5. The molecule has 0 saturated heterocycles. The fraction of sp³-hybridized carbons (Fsp3) is 0.350. The highest BCUT2D eigenvalue weighted by atomic mass is 16.6. The standard InChI is InChI=1S/C60H66N6O15/c1-4-49(67)73-28-13-7-10-16-31-76-58(70)43-25-19-22-40(34-43)52-61-64-55(79-52)46-37-47(56-65-62-53(80-56)41-23-20-26-44(35-41)59(71)77-32-17-11-8-14-29-74-50(68)5-2)39-48(38-46)57-66-63-54(81-57)42-24-21-27-45(36-42)60(72)78-33-18-12-9-15-30-75-51(69)6-3/h4-6,19-27,34-39,55-57,64-66H,1-3,7-18,28-33H2. The lowest BCUT2D eigenvalue weighted by atomic mass is 10.0. The molecule has 0 saturated carbocycles. The molecule has 0 aliphatic carbocycles. The molecule has 81 heavy (non-hydrogen) atoms. The zero-order valence-corrected chi connectivity index (χ0v) is 44.9. The number of carbonyl (C=O) groups excluding carboxylic acids is 6. The molecule has 426 valence electrons. The number of hydrazone groups is 3. The molecule has 0 aromatic heterocycles. The largest absolute Gasteiger partial charge is 0.463 e. The van der Waals surface area contributed by atoms with Crippen molar-refractivity contribution >= 4 is 53.5 Å². The van der Waals surface area contributed by atoms with E-state index in [9.17, 15) is 28.8 Å². The van der Waals surface area contributed by atoms with E-state index in [0.717, 1.165) is 56.8 Å². The number of hydrogen-bond acceptors (Lipinski definition) is 21. The van der Waals surface area contributed by atoms with Crippen molar-refractivity contribution in [1.82, 2.24) is 16.3 Å². The summed E-state index contributed by atoms with van der Waals surface area (Å²) in [6.07, 6.45) is 9.71. The van der Waals surface area contributed by atoms with Crippen LogP contribution in [0.1, 0.15) is 160 Å².